The summed E-state index contributed by atoms with van der Waals surface area (Å²) in [5.74, 6) is 1.14. The lowest BCUT2D eigenvalue weighted by Gasteiger charge is -2.35. The Morgan fingerprint density at radius 3 is 3.00 bits per heavy atom. The van der Waals surface area contributed by atoms with Crippen molar-refractivity contribution in [2.24, 2.45) is 5.41 Å². The number of piperidine rings is 1. The second-order valence-electron chi connectivity index (χ2n) is 7.68. The zero-order chi connectivity index (χ0) is 18.4. The highest BCUT2D eigenvalue weighted by atomic mass is 32.1. The Morgan fingerprint density at radius 1 is 1.41 bits per heavy atom. The van der Waals surface area contributed by atoms with E-state index in [0.717, 1.165) is 55.7 Å². The molecule has 8 heteroatoms. The highest BCUT2D eigenvalue weighted by molar-refractivity contribution is 7.07. The quantitative estimate of drug-likeness (QED) is 0.751. The second kappa shape index (κ2) is 6.30. The molecule has 1 spiro atoms. The van der Waals surface area contributed by atoms with Crippen LogP contribution in [0.2, 0.25) is 0 Å². The van der Waals surface area contributed by atoms with Crippen LogP contribution in [0.1, 0.15) is 31.7 Å². The number of rotatable bonds is 4. The lowest BCUT2D eigenvalue weighted by atomic mass is 9.92. The Labute approximate surface area is 161 Å². The molecule has 27 heavy (non-hydrogen) atoms. The molecular weight excluding hydrogens is 360 g/mol. The molecule has 1 N–H and O–H groups in total. The Kier molecular flexibility index (Phi) is 3.89. The number of carbonyl (C=O) groups excluding carboxylic acids is 1. The molecule has 4 heterocycles. The predicted molar refractivity (Wildman–Crippen MR) is 105 cm³/mol. The van der Waals surface area contributed by atoms with E-state index in [1.54, 1.807) is 30.8 Å². The number of aromatic amines is 1. The number of nitrogens with zero attached hydrogens (tertiary/aromatic N) is 5. The summed E-state index contributed by atoms with van der Waals surface area (Å²) in [5.41, 5.74) is 2.29. The van der Waals surface area contributed by atoms with Crippen molar-refractivity contribution in [3.8, 4) is 0 Å². The van der Waals surface area contributed by atoms with Gasteiger partial charge >= 0.3 is 0 Å². The summed E-state index contributed by atoms with van der Waals surface area (Å²) in [4.78, 5) is 25.4. The Bertz CT molecular complexity index is 960. The summed E-state index contributed by atoms with van der Waals surface area (Å²) in [6.45, 7) is 4.34. The van der Waals surface area contributed by atoms with Gasteiger partial charge in [0.2, 0.25) is 5.91 Å². The summed E-state index contributed by atoms with van der Waals surface area (Å²) >= 11 is 1.69. The van der Waals surface area contributed by atoms with Crippen molar-refractivity contribution in [3.63, 3.8) is 0 Å². The molecule has 5 rings (SSSR count). The maximum absolute atomic E-state index is 12.3. The van der Waals surface area contributed by atoms with E-state index in [4.69, 9.17) is 0 Å². The van der Waals surface area contributed by atoms with E-state index in [2.05, 4.69) is 46.8 Å². The van der Waals surface area contributed by atoms with E-state index < -0.39 is 0 Å². The van der Waals surface area contributed by atoms with Crippen LogP contribution in [-0.4, -0.2) is 50.1 Å². The maximum Gasteiger partial charge on any atom is 0.220 e. The third kappa shape index (κ3) is 2.88. The van der Waals surface area contributed by atoms with Gasteiger partial charge in [0.25, 0.3) is 0 Å². The lowest BCUT2D eigenvalue weighted by Crippen LogP contribution is -2.40. The van der Waals surface area contributed by atoms with E-state index >= 15 is 0 Å². The molecule has 1 saturated heterocycles. The lowest BCUT2D eigenvalue weighted by molar-refractivity contribution is -0.130. The summed E-state index contributed by atoms with van der Waals surface area (Å²) in [6.07, 6.45) is 6.70. The normalized spacial score (nSPS) is 20.9. The number of carbonyl (C=O) groups is 1. The molecule has 1 atom stereocenters. The van der Waals surface area contributed by atoms with Crippen molar-refractivity contribution >= 4 is 34.1 Å². The van der Waals surface area contributed by atoms with Gasteiger partial charge in [-0.1, -0.05) is 0 Å². The van der Waals surface area contributed by atoms with Crippen molar-refractivity contribution in [1.29, 1.82) is 0 Å². The minimum Gasteiger partial charge on any atom is -0.356 e. The summed E-state index contributed by atoms with van der Waals surface area (Å²) < 4.78 is 0. The largest absolute Gasteiger partial charge is 0.356 e. The molecule has 7 nitrogen and oxygen atoms in total. The summed E-state index contributed by atoms with van der Waals surface area (Å²) in [5, 5.41) is 12.2. The zero-order valence-electron chi connectivity index (χ0n) is 15.3. The highest BCUT2D eigenvalue weighted by Crippen LogP contribution is 2.57. The van der Waals surface area contributed by atoms with Crippen LogP contribution in [0, 0.1) is 5.41 Å². The monoisotopic (exact) mass is 382 g/mol. The first-order valence-corrected chi connectivity index (χ1v) is 10.3. The van der Waals surface area contributed by atoms with Gasteiger partial charge in [0, 0.05) is 32.6 Å². The minimum absolute atomic E-state index is 0.182. The highest BCUT2D eigenvalue weighted by Gasteiger charge is 2.58. The van der Waals surface area contributed by atoms with Gasteiger partial charge in [-0.25, -0.2) is 9.97 Å². The number of H-pyrrole nitrogens is 1. The number of thiophene rings is 1. The predicted octanol–water partition coefficient (Wildman–Crippen LogP) is 2.82. The number of hydrogen-bond acceptors (Lipinski definition) is 6. The van der Waals surface area contributed by atoms with E-state index in [1.165, 1.54) is 5.56 Å². The van der Waals surface area contributed by atoms with Crippen molar-refractivity contribution in [2.75, 3.05) is 18.0 Å². The fourth-order valence-corrected chi connectivity index (χ4v) is 5.15. The van der Waals surface area contributed by atoms with E-state index in [0.29, 0.717) is 6.04 Å². The van der Waals surface area contributed by atoms with Crippen LogP contribution in [0.3, 0.4) is 0 Å². The molecule has 1 aliphatic heterocycles. The average Bonchev–Trinajstić information content (AvgIpc) is 3.09. The van der Waals surface area contributed by atoms with Crippen LogP contribution in [0.15, 0.2) is 29.4 Å². The van der Waals surface area contributed by atoms with Crippen molar-refractivity contribution in [1.82, 2.24) is 25.1 Å². The first-order chi connectivity index (χ1) is 13.2. The van der Waals surface area contributed by atoms with E-state index in [1.807, 2.05) is 0 Å². The number of amides is 1. The second-order valence-corrected chi connectivity index (χ2v) is 8.46. The Hall–Kier alpha value is -2.48. The number of fused-ring (bicyclic) bond motifs is 1. The summed E-state index contributed by atoms with van der Waals surface area (Å²) in [6, 6.07) is 2.49. The zero-order valence-corrected chi connectivity index (χ0v) is 16.1. The Balaban J connectivity index is 1.29. The van der Waals surface area contributed by atoms with Gasteiger partial charge in [0.15, 0.2) is 5.65 Å². The van der Waals surface area contributed by atoms with Gasteiger partial charge in [0.1, 0.15) is 12.1 Å². The molecule has 2 aliphatic rings. The fourth-order valence-electron chi connectivity index (χ4n) is 4.49. The molecule has 0 unspecified atom stereocenters. The number of nitrogens with one attached hydrogen (secondary N) is 1. The van der Waals surface area contributed by atoms with Gasteiger partial charge in [-0.15, -0.1) is 0 Å². The van der Waals surface area contributed by atoms with Gasteiger partial charge in [-0.05, 0) is 47.1 Å². The van der Waals surface area contributed by atoms with Gasteiger partial charge in [-0.2, -0.15) is 16.4 Å². The molecule has 2 fully saturated rings. The van der Waals surface area contributed by atoms with Crippen molar-refractivity contribution in [2.45, 2.75) is 38.8 Å². The smallest absolute Gasteiger partial charge is 0.220 e. The molecule has 3 aromatic rings. The third-order valence-corrected chi connectivity index (χ3v) is 6.88. The molecule has 0 aromatic carbocycles. The average molecular weight is 382 g/mol. The van der Waals surface area contributed by atoms with Gasteiger partial charge in [-0.3, -0.25) is 9.89 Å². The minimum atomic E-state index is 0.182. The number of anilines is 1. The SMILES string of the molecule is CC(=O)N(Cc1ccsc1)[C@@H]1CC12CCN(c1ncnc3[nH]ncc13)CC2. The van der Waals surface area contributed by atoms with Crippen molar-refractivity contribution in [3.05, 3.63) is 34.9 Å². The van der Waals surface area contributed by atoms with E-state index in [-0.39, 0.29) is 11.3 Å². The fraction of sp³-hybridized carbons (Fsp3) is 0.474. The first-order valence-electron chi connectivity index (χ1n) is 9.34. The first kappa shape index (κ1) is 16.7. The maximum atomic E-state index is 12.3. The van der Waals surface area contributed by atoms with Crippen LogP contribution < -0.4 is 4.90 Å². The van der Waals surface area contributed by atoms with Crippen LogP contribution in [0.25, 0.3) is 11.0 Å². The molecule has 3 aromatic heterocycles. The van der Waals surface area contributed by atoms with Gasteiger partial charge < -0.3 is 9.80 Å². The molecule has 1 saturated carbocycles. The van der Waals surface area contributed by atoms with Crippen LogP contribution in [-0.2, 0) is 11.3 Å². The molecule has 1 aliphatic carbocycles. The van der Waals surface area contributed by atoms with Crippen molar-refractivity contribution < 1.29 is 4.79 Å². The van der Waals surface area contributed by atoms with Crippen LogP contribution >= 0.6 is 11.3 Å². The number of hydrogen-bond donors (Lipinski definition) is 1. The molecule has 0 bridgehead atoms. The standard InChI is InChI=1S/C19H22N6OS/c1-13(26)25(10-14-2-7-27-11-14)16-8-19(16)3-5-24(6-4-19)18-15-9-22-23-17(15)20-12-21-18/h2,7,9,11-12,16H,3-6,8,10H2,1H3,(H,20,21,22,23)/t16-/m1/s1. The molecule has 1 amide bonds. The van der Waals surface area contributed by atoms with Crippen LogP contribution in [0.5, 0.6) is 0 Å². The molecular formula is C19H22N6OS. The molecule has 140 valence electrons. The van der Waals surface area contributed by atoms with Gasteiger partial charge in [0.05, 0.1) is 11.6 Å². The summed E-state index contributed by atoms with van der Waals surface area (Å²) in [7, 11) is 0. The van der Waals surface area contributed by atoms with Crippen LogP contribution in [0.4, 0.5) is 5.82 Å². The van der Waals surface area contributed by atoms with E-state index in [9.17, 15) is 4.79 Å². The number of aromatic nitrogens is 4. The Morgan fingerprint density at radius 2 is 2.26 bits per heavy atom. The topological polar surface area (TPSA) is 78.0 Å². The third-order valence-electron chi connectivity index (χ3n) is 6.15. The molecule has 0 radical (unpaired) electrons.